The van der Waals surface area contributed by atoms with E-state index < -0.39 is 0 Å². The van der Waals surface area contributed by atoms with E-state index in [4.69, 9.17) is 4.74 Å². The molecular formula is C12H17NO2S. The number of thiol groups is 1. The normalized spacial score (nSPS) is 11.9. The van der Waals surface area contributed by atoms with Gasteiger partial charge in [-0.1, -0.05) is 12.1 Å². The number of nitrogens with one attached hydrogen (secondary N) is 1. The number of methoxy groups -OCH3 is 1. The average Bonchev–Trinajstić information content (AvgIpc) is 2.29. The molecule has 0 spiro atoms. The van der Waals surface area contributed by atoms with Crippen molar-refractivity contribution < 1.29 is 9.53 Å². The van der Waals surface area contributed by atoms with E-state index in [1.54, 1.807) is 14.0 Å². The minimum absolute atomic E-state index is 0.0307. The van der Waals surface area contributed by atoms with Crippen LogP contribution >= 0.6 is 12.6 Å². The van der Waals surface area contributed by atoms with Crippen LogP contribution in [0, 0.1) is 0 Å². The fourth-order valence-electron chi connectivity index (χ4n) is 1.27. The van der Waals surface area contributed by atoms with Crippen molar-refractivity contribution in [1.29, 1.82) is 0 Å². The number of hydrogen-bond acceptors (Lipinski definition) is 3. The molecule has 88 valence electrons. The van der Waals surface area contributed by atoms with E-state index in [2.05, 4.69) is 17.9 Å². The van der Waals surface area contributed by atoms with E-state index in [9.17, 15) is 4.79 Å². The summed E-state index contributed by atoms with van der Waals surface area (Å²) in [7, 11) is 1.64. The first kappa shape index (κ1) is 12.9. The van der Waals surface area contributed by atoms with Gasteiger partial charge in [0.15, 0.2) is 0 Å². The predicted molar refractivity (Wildman–Crippen MR) is 68.2 cm³/mol. The number of benzene rings is 1. The quantitative estimate of drug-likeness (QED) is 0.767. The zero-order chi connectivity index (χ0) is 12.0. The second kappa shape index (κ2) is 6.43. The molecule has 0 saturated carbocycles. The Bertz CT molecular complexity index is 335. The van der Waals surface area contributed by atoms with Crippen molar-refractivity contribution in [2.24, 2.45) is 0 Å². The van der Waals surface area contributed by atoms with Gasteiger partial charge in [-0.05, 0) is 31.0 Å². The summed E-state index contributed by atoms with van der Waals surface area (Å²) >= 11 is 4.05. The molecule has 16 heavy (non-hydrogen) atoms. The maximum atomic E-state index is 11.2. The van der Waals surface area contributed by atoms with E-state index >= 15 is 0 Å². The second-order valence-corrected chi connectivity index (χ2v) is 4.34. The summed E-state index contributed by atoms with van der Waals surface area (Å²) in [6.45, 7) is 2.39. The van der Waals surface area contributed by atoms with Crippen LogP contribution in [-0.4, -0.2) is 24.8 Å². The Morgan fingerprint density at radius 3 is 2.56 bits per heavy atom. The minimum Gasteiger partial charge on any atom is -0.497 e. The zero-order valence-electron chi connectivity index (χ0n) is 9.56. The van der Waals surface area contributed by atoms with Crippen molar-refractivity contribution in [1.82, 2.24) is 5.32 Å². The molecule has 0 saturated heterocycles. The van der Waals surface area contributed by atoms with Gasteiger partial charge in [-0.15, -0.1) is 0 Å². The highest BCUT2D eigenvalue weighted by molar-refractivity contribution is 7.81. The Hall–Kier alpha value is -1.16. The summed E-state index contributed by atoms with van der Waals surface area (Å²) in [5.41, 5.74) is 1.17. The molecule has 1 aromatic rings. The van der Waals surface area contributed by atoms with E-state index in [0.717, 1.165) is 12.2 Å². The molecule has 4 heteroatoms. The van der Waals surface area contributed by atoms with E-state index in [0.29, 0.717) is 6.54 Å². The van der Waals surface area contributed by atoms with Crippen LogP contribution in [0.2, 0.25) is 0 Å². The molecule has 0 aliphatic heterocycles. The van der Waals surface area contributed by atoms with Crippen molar-refractivity contribution >= 4 is 18.5 Å². The standard InChI is InChI=1S/C12H17NO2S/c1-9(16)12(14)13-8-7-10-3-5-11(15-2)6-4-10/h3-6,9,16H,7-8H2,1-2H3,(H,13,14). The first-order valence-corrected chi connectivity index (χ1v) is 5.74. The number of rotatable bonds is 5. The van der Waals surface area contributed by atoms with Crippen molar-refractivity contribution in [2.75, 3.05) is 13.7 Å². The van der Waals surface area contributed by atoms with Crippen LogP contribution in [-0.2, 0) is 11.2 Å². The van der Waals surface area contributed by atoms with Gasteiger partial charge in [-0.2, -0.15) is 12.6 Å². The molecule has 1 unspecified atom stereocenters. The molecule has 1 atom stereocenters. The third kappa shape index (κ3) is 4.14. The predicted octanol–water partition coefficient (Wildman–Crippen LogP) is 1.67. The smallest absolute Gasteiger partial charge is 0.232 e. The lowest BCUT2D eigenvalue weighted by Gasteiger charge is -2.07. The number of ether oxygens (including phenoxy) is 1. The van der Waals surface area contributed by atoms with Crippen molar-refractivity contribution in [3.63, 3.8) is 0 Å². The SMILES string of the molecule is COc1ccc(CCNC(=O)C(C)S)cc1. The number of carbonyl (C=O) groups is 1. The highest BCUT2D eigenvalue weighted by atomic mass is 32.1. The van der Waals surface area contributed by atoms with Gasteiger partial charge in [0, 0.05) is 6.54 Å². The highest BCUT2D eigenvalue weighted by Crippen LogP contribution is 2.11. The molecule has 1 N–H and O–H groups in total. The molecule has 3 nitrogen and oxygen atoms in total. The number of carbonyl (C=O) groups excluding carboxylic acids is 1. The summed E-state index contributed by atoms with van der Waals surface area (Å²) in [5.74, 6) is 0.814. The Labute approximate surface area is 102 Å². The molecular weight excluding hydrogens is 222 g/mol. The molecule has 0 aliphatic carbocycles. The lowest BCUT2D eigenvalue weighted by atomic mass is 10.1. The Kier molecular flexibility index (Phi) is 5.19. The highest BCUT2D eigenvalue weighted by Gasteiger charge is 2.05. The summed E-state index contributed by atoms with van der Waals surface area (Å²) in [4.78, 5) is 11.2. The molecule has 0 radical (unpaired) electrons. The van der Waals surface area contributed by atoms with Gasteiger partial charge in [0.05, 0.1) is 12.4 Å². The summed E-state index contributed by atoms with van der Waals surface area (Å²) in [6.07, 6.45) is 0.816. The minimum atomic E-state index is -0.254. The van der Waals surface area contributed by atoms with Crippen LogP contribution in [0.25, 0.3) is 0 Å². The fourth-order valence-corrected chi connectivity index (χ4v) is 1.36. The van der Waals surface area contributed by atoms with Crippen molar-refractivity contribution in [2.45, 2.75) is 18.6 Å². The van der Waals surface area contributed by atoms with Gasteiger partial charge < -0.3 is 10.1 Å². The maximum absolute atomic E-state index is 11.2. The average molecular weight is 239 g/mol. The second-order valence-electron chi connectivity index (χ2n) is 3.57. The Balaban J connectivity index is 2.34. The number of amides is 1. The molecule has 0 bridgehead atoms. The summed E-state index contributed by atoms with van der Waals surface area (Å²) < 4.78 is 5.06. The molecule has 1 aromatic carbocycles. The monoisotopic (exact) mass is 239 g/mol. The largest absolute Gasteiger partial charge is 0.497 e. The van der Waals surface area contributed by atoms with Gasteiger partial charge in [-0.25, -0.2) is 0 Å². The summed E-state index contributed by atoms with van der Waals surface area (Å²) in [6, 6.07) is 7.82. The van der Waals surface area contributed by atoms with Crippen LogP contribution in [0.1, 0.15) is 12.5 Å². The summed E-state index contributed by atoms with van der Waals surface area (Å²) in [5, 5.41) is 2.56. The van der Waals surface area contributed by atoms with E-state index in [1.807, 2.05) is 24.3 Å². The van der Waals surface area contributed by atoms with Crippen LogP contribution in [0.15, 0.2) is 24.3 Å². The van der Waals surface area contributed by atoms with Gasteiger partial charge >= 0.3 is 0 Å². The van der Waals surface area contributed by atoms with Gasteiger partial charge in [-0.3, -0.25) is 4.79 Å². The molecule has 0 aliphatic rings. The first-order chi connectivity index (χ1) is 7.63. The third-order valence-corrected chi connectivity index (χ3v) is 2.49. The molecule has 0 aromatic heterocycles. The van der Waals surface area contributed by atoms with E-state index in [1.165, 1.54) is 5.56 Å². The maximum Gasteiger partial charge on any atom is 0.232 e. The third-order valence-electron chi connectivity index (χ3n) is 2.25. The first-order valence-electron chi connectivity index (χ1n) is 5.22. The van der Waals surface area contributed by atoms with Gasteiger partial charge in [0.2, 0.25) is 5.91 Å². The van der Waals surface area contributed by atoms with Crippen molar-refractivity contribution in [3.05, 3.63) is 29.8 Å². The van der Waals surface area contributed by atoms with Crippen LogP contribution in [0.4, 0.5) is 0 Å². The van der Waals surface area contributed by atoms with Crippen LogP contribution < -0.4 is 10.1 Å². The number of hydrogen-bond donors (Lipinski definition) is 2. The van der Waals surface area contributed by atoms with Gasteiger partial charge in [0.1, 0.15) is 5.75 Å². The Morgan fingerprint density at radius 1 is 1.44 bits per heavy atom. The van der Waals surface area contributed by atoms with E-state index in [-0.39, 0.29) is 11.2 Å². The van der Waals surface area contributed by atoms with Crippen LogP contribution in [0.3, 0.4) is 0 Å². The Morgan fingerprint density at radius 2 is 2.06 bits per heavy atom. The topological polar surface area (TPSA) is 38.3 Å². The van der Waals surface area contributed by atoms with Crippen molar-refractivity contribution in [3.8, 4) is 5.75 Å². The van der Waals surface area contributed by atoms with Crippen LogP contribution in [0.5, 0.6) is 5.75 Å². The molecule has 1 rings (SSSR count). The fraction of sp³-hybridized carbons (Fsp3) is 0.417. The van der Waals surface area contributed by atoms with Gasteiger partial charge in [0.25, 0.3) is 0 Å². The molecule has 0 fully saturated rings. The lowest BCUT2D eigenvalue weighted by Crippen LogP contribution is -2.31. The molecule has 1 amide bonds. The zero-order valence-corrected chi connectivity index (χ0v) is 10.5. The lowest BCUT2D eigenvalue weighted by molar-refractivity contribution is -0.120. The molecule has 0 heterocycles.